The van der Waals surface area contributed by atoms with Crippen LogP contribution in [0.5, 0.6) is 0 Å². The van der Waals surface area contributed by atoms with Gasteiger partial charge in [0, 0.05) is 24.9 Å². The van der Waals surface area contributed by atoms with Gasteiger partial charge in [-0.15, -0.1) is 0 Å². The highest BCUT2D eigenvalue weighted by Gasteiger charge is 2.51. The standard InChI is InChI=1S/C20H23N5O/c1-2-4-15(5-3-1)10-17-11-18(23-14-22-17)24-19-21-12-20(26-19)13-25-8-6-16(20)7-9-25/h1-5,11,14,16H,6-10,12-13H2,(H,21,22,23,24)/t20-/m0/s1. The molecule has 1 atom stereocenters. The number of benzene rings is 1. The molecule has 4 aliphatic heterocycles. The first-order valence-electron chi connectivity index (χ1n) is 9.37. The van der Waals surface area contributed by atoms with E-state index in [0.717, 1.165) is 31.0 Å². The third-order valence-electron chi connectivity index (χ3n) is 5.80. The van der Waals surface area contributed by atoms with Gasteiger partial charge in [-0.05, 0) is 31.5 Å². The molecule has 5 heterocycles. The molecule has 0 aliphatic carbocycles. The van der Waals surface area contributed by atoms with Crippen LogP contribution in [-0.2, 0) is 11.2 Å². The Morgan fingerprint density at radius 1 is 1.15 bits per heavy atom. The molecule has 2 bridgehead atoms. The van der Waals surface area contributed by atoms with Crippen molar-refractivity contribution >= 4 is 11.8 Å². The van der Waals surface area contributed by atoms with Crippen LogP contribution in [0.3, 0.4) is 0 Å². The van der Waals surface area contributed by atoms with Crippen LogP contribution in [0.1, 0.15) is 24.1 Å². The topological polar surface area (TPSA) is 62.6 Å². The molecule has 4 aliphatic rings. The lowest BCUT2D eigenvalue weighted by Crippen LogP contribution is -2.61. The Bertz CT molecular complexity index is 816. The third kappa shape index (κ3) is 2.94. The molecule has 6 rings (SSSR count). The number of nitrogens with zero attached hydrogens (tertiary/aromatic N) is 4. The maximum Gasteiger partial charge on any atom is 0.291 e. The monoisotopic (exact) mass is 349 g/mol. The molecule has 3 fully saturated rings. The van der Waals surface area contributed by atoms with Gasteiger partial charge >= 0.3 is 0 Å². The summed E-state index contributed by atoms with van der Waals surface area (Å²) in [4.78, 5) is 15.9. The maximum atomic E-state index is 6.32. The number of piperidine rings is 3. The average molecular weight is 349 g/mol. The summed E-state index contributed by atoms with van der Waals surface area (Å²) in [6.07, 6.45) is 4.82. The van der Waals surface area contributed by atoms with E-state index in [-0.39, 0.29) is 5.60 Å². The molecule has 6 heteroatoms. The van der Waals surface area contributed by atoms with Crippen LogP contribution in [0.4, 0.5) is 5.82 Å². The first-order chi connectivity index (χ1) is 12.8. The molecule has 1 aromatic carbocycles. The van der Waals surface area contributed by atoms with Gasteiger partial charge in [-0.1, -0.05) is 30.3 Å². The zero-order valence-electron chi connectivity index (χ0n) is 14.8. The molecule has 0 saturated carbocycles. The van der Waals surface area contributed by atoms with Gasteiger partial charge in [0.25, 0.3) is 6.02 Å². The quantitative estimate of drug-likeness (QED) is 0.921. The van der Waals surface area contributed by atoms with Crippen LogP contribution in [0.2, 0.25) is 0 Å². The predicted octanol–water partition coefficient (Wildman–Crippen LogP) is 2.33. The average Bonchev–Trinajstić information content (AvgIpc) is 3.06. The van der Waals surface area contributed by atoms with Crippen LogP contribution >= 0.6 is 0 Å². The van der Waals surface area contributed by atoms with Crippen LogP contribution in [-0.4, -0.2) is 52.7 Å². The molecule has 1 spiro atoms. The summed E-state index contributed by atoms with van der Waals surface area (Å²) in [7, 11) is 0. The highest BCUT2D eigenvalue weighted by atomic mass is 16.5. The lowest BCUT2D eigenvalue weighted by atomic mass is 9.75. The number of fused-ring (bicyclic) bond motifs is 2. The lowest BCUT2D eigenvalue weighted by molar-refractivity contribution is -0.0829. The van der Waals surface area contributed by atoms with E-state index in [1.807, 2.05) is 24.3 Å². The third-order valence-corrected chi connectivity index (χ3v) is 5.80. The fourth-order valence-electron chi connectivity index (χ4n) is 4.42. The Labute approximate surface area is 153 Å². The van der Waals surface area contributed by atoms with Crippen LogP contribution < -0.4 is 5.32 Å². The summed E-state index contributed by atoms with van der Waals surface area (Å²) < 4.78 is 6.32. The van der Waals surface area contributed by atoms with Crippen molar-refractivity contribution in [2.45, 2.75) is 24.9 Å². The van der Waals surface area contributed by atoms with Gasteiger partial charge in [-0.3, -0.25) is 10.2 Å². The van der Waals surface area contributed by atoms with E-state index < -0.39 is 0 Å². The molecular weight excluding hydrogens is 326 g/mol. The van der Waals surface area contributed by atoms with E-state index in [2.05, 4.69) is 37.3 Å². The first kappa shape index (κ1) is 15.8. The molecule has 26 heavy (non-hydrogen) atoms. The maximum absolute atomic E-state index is 6.32. The minimum atomic E-state index is -0.126. The van der Waals surface area contributed by atoms with Crippen LogP contribution in [0.15, 0.2) is 47.7 Å². The Morgan fingerprint density at radius 3 is 2.77 bits per heavy atom. The molecule has 0 radical (unpaired) electrons. The minimum Gasteiger partial charge on any atom is -0.455 e. The van der Waals surface area contributed by atoms with Crippen molar-refractivity contribution in [3.05, 3.63) is 54.0 Å². The second-order valence-electron chi connectivity index (χ2n) is 7.52. The van der Waals surface area contributed by atoms with Crippen molar-refractivity contribution in [2.24, 2.45) is 10.9 Å². The van der Waals surface area contributed by atoms with E-state index in [9.17, 15) is 0 Å². The molecule has 6 nitrogen and oxygen atoms in total. The van der Waals surface area contributed by atoms with Crippen molar-refractivity contribution in [3.63, 3.8) is 0 Å². The van der Waals surface area contributed by atoms with Crippen molar-refractivity contribution in [3.8, 4) is 0 Å². The molecule has 0 amide bonds. The minimum absolute atomic E-state index is 0.126. The van der Waals surface area contributed by atoms with Gasteiger partial charge < -0.3 is 4.74 Å². The molecule has 3 saturated heterocycles. The zero-order chi connectivity index (χ0) is 17.4. The highest BCUT2D eigenvalue weighted by molar-refractivity contribution is 5.89. The molecule has 134 valence electrons. The van der Waals surface area contributed by atoms with Crippen molar-refractivity contribution in [1.82, 2.24) is 14.9 Å². The summed E-state index contributed by atoms with van der Waals surface area (Å²) >= 11 is 0. The summed E-state index contributed by atoms with van der Waals surface area (Å²) in [5.74, 6) is 1.36. The smallest absolute Gasteiger partial charge is 0.291 e. The van der Waals surface area contributed by atoms with Gasteiger partial charge in [0.05, 0.1) is 12.2 Å². The Morgan fingerprint density at radius 2 is 2.00 bits per heavy atom. The summed E-state index contributed by atoms with van der Waals surface area (Å²) in [6.45, 7) is 4.15. The summed E-state index contributed by atoms with van der Waals surface area (Å²) in [6, 6.07) is 12.9. The number of rotatable bonds is 3. The van der Waals surface area contributed by atoms with E-state index in [0.29, 0.717) is 11.9 Å². The van der Waals surface area contributed by atoms with Crippen molar-refractivity contribution < 1.29 is 4.74 Å². The fourth-order valence-corrected chi connectivity index (χ4v) is 4.42. The summed E-state index contributed by atoms with van der Waals surface area (Å²) in [5, 5.41) is 3.26. The molecule has 2 aromatic rings. The van der Waals surface area contributed by atoms with Crippen molar-refractivity contribution in [1.29, 1.82) is 0 Å². The second kappa shape index (κ2) is 6.36. The number of hydrogen-bond donors (Lipinski definition) is 1. The second-order valence-corrected chi connectivity index (χ2v) is 7.52. The van der Waals surface area contributed by atoms with Crippen LogP contribution in [0, 0.1) is 5.92 Å². The molecule has 0 unspecified atom stereocenters. The number of hydrogen-bond acceptors (Lipinski definition) is 6. The van der Waals surface area contributed by atoms with Crippen LogP contribution in [0.25, 0.3) is 0 Å². The number of aliphatic imine (C=N–C) groups is 1. The number of ether oxygens (including phenoxy) is 1. The van der Waals surface area contributed by atoms with E-state index in [4.69, 9.17) is 4.74 Å². The number of aromatic nitrogens is 2. The van der Waals surface area contributed by atoms with Gasteiger partial charge in [-0.2, -0.15) is 0 Å². The van der Waals surface area contributed by atoms with E-state index in [1.165, 1.54) is 31.5 Å². The lowest BCUT2D eigenvalue weighted by Gasteiger charge is -2.50. The van der Waals surface area contributed by atoms with Gasteiger partial charge in [0.15, 0.2) is 0 Å². The van der Waals surface area contributed by atoms with Crippen molar-refractivity contribution in [2.75, 3.05) is 31.5 Å². The van der Waals surface area contributed by atoms with Gasteiger partial charge in [-0.25, -0.2) is 15.0 Å². The SMILES string of the molecule is c1ccc(Cc2cc(NC3=NC[C@@]4(CN5CCC4CC5)O3)ncn2)cc1. The van der Waals surface area contributed by atoms with Gasteiger partial charge in [0.2, 0.25) is 0 Å². The molecular formula is C20H23N5O. The predicted molar refractivity (Wildman–Crippen MR) is 100 cm³/mol. The van der Waals surface area contributed by atoms with Gasteiger partial charge in [0.1, 0.15) is 17.7 Å². The Kier molecular flexibility index (Phi) is 3.85. The Hall–Kier alpha value is -2.47. The highest BCUT2D eigenvalue weighted by Crippen LogP contribution is 2.40. The first-order valence-corrected chi connectivity index (χ1v) is 9.37. The molecule has 1 N–H and O–H groups in total. The fraction of sp³-hybridized carbons (Fsp3) is 0.450. The number of anilines is 1. The number of nitrogens with one attached hydrogen (secondary N) is 1. The largest absolute Gasteiger partial charge is 0.455 e. The van der Waals surface area contributed by atoms with E-state index in [1.54, 1.807) is 6.33 Å². The zero-order valence-corrected chi connectivity index (χ0v) is 14.8. The molecule has 1 aromatic heterocycles. The van der Waals surface area contributed by atoms with E-state index >= 15 is 0 Å². The number of amidine groups is 1. The normalized spacial score (nSPS) is 29.5. The summed E-state index contributed by atoms with van der Waals surface area (Å²) in [5.41, 5.74) is 2.08. The Balaban J connectivity index is 1.27.